The maximum absolute atomic E-state index is 11.5. The van der Waals surface area contributed by atoms with Crippen LogP contribution in [0.15, 0.2) is 18.2 Å². The quantitative estimate of drug-likeness (QED) is 0.785. The SMILES string of the molecule is CC(C)NC(=O)Oc1ccc(OCCCl)cc1C(N)=O. The van der Waals surface area contributed by atoms with E-state index < -0.39 is 12.0 Å². The lowest BCUT2D eigenvalue weighted by atomic mass is 10.2. The van der Waals surface area contributed by atoms with Gasteiger partial charge in [0.1, 0.15) is 18.1 Å². The van der Waals surface area contributed by atoms with Gasteiger partial charge in [-0.25, -0.2) is 4.79 Å². The fourth-order valence-electron chi connectivity index (χ4n) is 1.40. The van der Waals surface area contributed by atoms with Gasteiger partial charge in [-0.3, -0.25) is 4.79 Å². The third-order valence-electron chi connectivity index (χ3n) is 2.17. The number of alkyl halides is 1. The van der Waals surface area contributed by atoms with E-state index in [1.165, 1.54) is 12.1 Å². The Balaban J connectivity index is 2.90. The van der Waals surface area contributed by atoms with Gasteiger partial charge in [0.25, 0.3) is 5.91 Å². The highest BCUT2D eigenvalue weighted by molar-refractivity contribution is 6.18. The summed E-state index contributed by atoms with van der Waals surface area (Å²) < 4.78 is 10.3. The predicted molar refractivity (Wildman–Crippen MR) is 75.5 cm³/mol. The Morgan fingerprint density at radius 3 is 2.65 bits per heavy atom. The molecule has 6 nitrogen and oxygen atoms in total. The van der Waals surface area contributed by atoms with E-state index in [4.69, 9.17) is 26.8 Å². The van der Waals surface area contributed by atoms with E-state index in [0.717, 1.165) is 0 Å². The molecule has 0 aliphatic rings. The van der Waals surface area contributed by atoms with E-state index >= 15 is 0 Å². The third-order valence-corrected chi connectivity index (χ3v) is 2.33. The summed E-state index contributed by atoms with van der Waals surface area (Å²) in [4.78, 5) is 22.9. The van der Waals surface area contributed by atoms with E-state index in [2.05, 4.69) is 5.32 Å². The zero-order chi connectivity index (χ0) is 15.1. The Morgan fingerprint density at radius 2 is 2.10 bits per heavy atom. The molecule has 0 atom stereocenters. The van der Waals surface area contributed by atoms with Crippen LogP contribution in [0.1, 0.15) is 24.2 Å². The Hall–Kier alpha value is -1.95. The van der Waals surface area contributed by atoms with Gasteiger partial charge < -0.3 is 20.5 Å². The van der Waals surface area contributed by atoms with Crippen LogP contribution in [-0.2, 0) is 0 Å². The van der Waals surface area contributed by atoms with Crippen molar-refractivity contribution in [3.63, 3.8) is 0 Å². The highest BCUT2D eigenvalue weighted by Crippen LogP contribution is 2.24. The number of carbonyl (C=O) groups excluding carboxylic acids is 2. The predicted octanol–water partition coefficient (Wildman–Crippen LogP) is 1.90. The van der Waals surface area contributed by atoms with Crippen molar-refractivity contribution < 1.29 is 19.1 Å². The Kier molecular flexibility index (Phi) is 6.11. The molecule has 0 saturated carbocycles. The Labute approximate surface area is 122 Å². The van der Waals surface area contributed by atoms with Crippen molar-refractivity contribution in [3.05, 3.63) is 23.8 Å². The van der Waals surface area contributed by atoms with Crippen LogP contribution in [0.4, 0.5) is 4.79 Å². The van der Waals surface area contributed by atoms with Gasteiger partial charge in [-0.15, -0.1) is 11.6 Å². The summed E-state index contributed by atoms with van der Waals surface area (Å²) in [5.41, 5.74) is 5.32. The normalized spacial score (nSPS) is 10.2. The molecule has 110 valence electrons. The topological polar surface area (TPSA) is 90.7 Å². The lowest BCUT2D eigenvalue weighted by Gasteiger charge is -2.12. The zero-order valence-corrected chi connectivity index (χ0v) is 12.1. The number of benzene rings is 1. The molecule has 0 aliphatic heterocycles. The molecule has 0 heterocycles. The first kappa shape index (κ1) is 16.1. The summed E-state index contributed by atoms with van der Waals surface area (Å²) in [5.74, 6) is 0.111. The van der Waals surface area contributed by atoms with Crippen molar-refractivity contribution in [2.24, 2.45) is 5.73 Å². The molecule has 0 aliphatic carbocycles. The molecule has 1 aromatic carbocycles. The minimum absolute atomic E-state index is 0.0657. The standard InChI is InChI=1S/C13H17ClN2O4/c1-8(2)16-13(18)20-11-4-3-9(19-6-5-14)7-10(11)12(15)17/h3-4,7-8H,5-6H2,1-2H3,(H2,15,17)(H,16,18). The van der Waals surface area contributed by atoms with Crippen molar-refractivity contribution in [2.45, 2.75) is 19.9 Å². The number of carbonyl (C=O) groups is 2. The van der Waals surface area contributed by atoms with Crippen LogP contribution in [0.3, 0.4) is 0 Å². The van der Waals surface area contributed by atoms with Crippen LogP contribution >= 0.6 is 11.6 Å². The minimum atomic E-state index is -0.714. The molecule has 1 aromatic rings. The number of nitrogens with one attached hydrogen (secondary N) is 1. The van der Waals surface area contributed by atoms with Crippen LogP contribution in [0, 0.1) is 0 Å². The van der Waals surface area contributed by atoms with Crippen LogP contribution in [0.2, 0.25) is 0 Å². The first-order valence-electron chi connectivity index (χ1n) is 6.05. The highest BCUT2D eigenvalue weighted by Gasteiger charge is 2.15. The van der Waals surface area contributed by atoms with Crippen molar-refractivity contribution in [3.8, 4) is 11.5 Å². The Bertz CT molecular complexity index is 491. The zero-order valence-electron chi connectivity index (χ0n) is 11.3. The van der Waals surface area contributed by atoms with Gasteiger partial charge in [-0.2, -0.15) is 0 Å². The van der Waals surface area contributed by atoms with E-state index in [9.17, 15) is 9.59 Å². The van der Waals surface area contributed by atoms with Crippen LogP contribution < -0.4 is 20.5 Å². The summed E-state index contributed by atoms with van der Waals surface area (Å²) in [6.45, 7) is 3.88. The van der Waals surface area contributed by atoms with Gasteiger partial charge in [0.05, 0.1) is 11.4 Å². The average molecular weight is 301 g/mol. The fraction of sp³-hybridized carbons (Fsp3) is 0.385. The molecular weight excluding hydrogens is 284 g/mol. The average Bonchev–Trinajstić information content (AvgIpc) is 2.36. The molecule has 0 bridgehead atoms. The number of primary amides is 1. The molecule has 0 saturated heterocycles. The molecule has 1 rings (SSSR count). The lowest BCUT2D eigenvalue weighted by molar-refractivity contribution is 0.0997. The molecule has 0 radical (unpaired) electrons. The van der Waals surface area contributed by atoms with Crippen molar-refractivity contribution in [2.75, 3.05) is 12.5 Å². The maximum atomic E-state index is 11.5. The van der Waals surface area contributed by atoms with Gasteiger partial charge in [-0.05, 0) is 32.0 Å². The molecule has 0 spiro atoms. The van der Waals surface area contributed by atoms with Gasteiger partial charge in [0, 0.05) is 6.04 Å². The molecule has 0 aromatic heterocycles. The van der Waals surface area contributed by atoms with Crippen LogP contribution in [-0.4, -0.2) is 30.5 Å². The van der Waals surface area contributed by atoms with Gasteiger partial charge >= 0.3 is 6.09 Å². The summed E-state index contributed by atoms with van der Waals surface area (Å²) in [7, 11) is 0. The number of nitrogens with two attached hydrogens (primary N) is 1. The number of amides is 2. The van der Waals surface area contributed by atoms with Gasteiger partial charge in [0.2, 0.25) is 0 Å². The number of hydrogen-bond donors (Lipinski definition) is 2. The molecule has 20 heavy (non-hydrogen) atoms. The second-order valence-electron chi connectivity index (χ2n) is 4.25. The molecule has 7 heteroatoms. The maximum Gasteiger partial charge on any atom is 0.412 e. The number of ether oxygens (including phenoxy) is 2. The van der Waals surface area contributed by atoms with Crippen molar-refractivity contribution in [1.82, 2.24) is 5.32 Å². The number of halogens is 1. The summed E-state index contributed by atoms with van der Waals surface area (Å²) in [6, 6.07) is 4.35. The van der Waals surface area contributed by atoms with E-state index in [0.29, 0.717) is 18.2 Å². The minimum Gasteiger partial charge on any atom is -0.492 e. The molecule has 0 unspecified atom stereocenters. The number of hydrogen-bond acceptors (Lipinski definition) is 4. The molecule has 2 amide bonds. The van der Waals surface area contributed by atoms with E-state index in [1.807, 2.05) is 0 Å². The first-order chi connectivity index (χ1) is 9.43. The summed E-state index contributed by atoms with van der Waals surface area (Å²) >= 11 is 5.51. The monoisotopic (exact) mass is 300 g/mol. The van der Waals surface area contributed by atoms with Gasteiger partial charge in [0.15, 0.2) is 0 Å². The largest absolute Gasteiger partial charge is 0.492 e. The molecule has 0 fully saturated rings. The molecule has 3 N–H and O–H groups in total. The Morgan fingerprint density at radius 1 is 1.40 bits per heavy atom. The first-order valence-corrected chi connectivity index (χ1v) is 6.58. The van der Waals surface area contributed by atoms with E-state index in [1.54, 1.807) is 19.9 Å². The lowest BCUT2D eigenvalue weighted by Crippen LogP contribution is -2.33. The third kappa shape index (κ3) is 4.97. The van der Waals surface area contributed by atoms with Gasteiger partial charge in [-0.1, -0.05) is 0 Å². The highest BCUT2D eigenvalue weighted by atomic mass is 35.5. The molecular formula is C13H17ClN2O4. The van der Waals surface area contributed by atoms with Crippen LogP contribution in [0.25, 0.3) is 0 Å². The van der Waals surface area contributed by atoms with E-state index in [-0.39, 0.29) is 17.4 Å². The van der Waals surface area contributed by atoms with Crippen molar-refractivity contribution >= 4 is 23.6 Å². The summed E-state index contributed by atoms with van der Waals surface area (Å²) in [5, 5.41) is 2.54. The van der Waals surface area contributed by atoms with Crippen molar-refractivity contribution in [1.29, 1.82) is 0 Å². The number of rotatable bonds is 6. The second-order valence-corrected chi connectivity index (χ2v) is 4.63. The summed E-state index contributed by atoms with van der Waals surface area (Å²) in [6.07, 6.45) is -0.656. The second kappa shape index (κ2) is 7.59. The smallest absolute Gasteiger partial charge is 0.412 e. The fourth-order valence-corrected chi connectivity index (χ4v) is 1.48. The van der Waals surface area contributed by atoms with Crippen LogP contribution in [0.5, 0.6) is 11.5 Å².